The van der Waals surface area contributed by atoms with Crippen LogP contribution in [0.3, 0.4) is 0 Å². The van der Waals surface area contributed by atoms with Crippen LogP contribution in [-0.2, 0) is 13.6 Å². The van der Waals surface area contributed by atoms with Gasteiger partial charge in [0.25, 0.3) is 0 Å². The van der Waals surface area contributed by atoms with Crippen molar-refractivity contribution in [1.29, 1.82) is 0 Å². The molecule has 0 saturated carbocycles. The molecule has 0 spiro atoms. The molecule has 3 heterocycles. The van der Waals surface area contributed by atoms with Gasteiger partial charge in [-0.3, -0.25) is 4.68 Å². The molecule has 0 aliphatic carbocycles. The van der Waals surface area contributed by atoms with Gasteiger partial charge in [-0.15, -0.1) is 0 Å². The SMILES string of the molecule is Cn1cc(-c2noc(C3CNCc4ccccc43)n2)cn1. The summed E-state index contributed by atoms with van der Waals surface area (Å²) in [7, 11) is 1.87. The molecular weight excluding hydrogens is 266 g/mol. The first kappa shape index (κ1) is 12.3. The van der Waals surface area contributed by atoms with Gasteiger partial charge in [0.15, 0.2) is 0 Å². The fourth-order valence-electron chi connectivity index (χ4n) is 2.75. The summed E-state index contributed by atoms with van der Waals surface area (Å²) >= 11 is 0. The van der Waals surface area contributed by atoms with Crippen LogP contribution >= 0.6 is 0 Å². The van der Waals surface area contributed by atoms with Crippen LogP contribution < -0.4 is 5.32 Å². The van der Waals surface area contributed by atoms with Gasteiger partial charge in [-0.2, -0.15) is 10.1 Å². The van der Waals surface area contributed by atoms with Gasteiger partial charge in [-0.1, -0.05) is 29.4 Å². The van der Waals surface area contributed by atoms with Crippen molar-refractivity contribution in [3.63, 3.8) is 0 Å². The fourth-order valence-corrected chi connectivity index (χ4v) is 2.75. The van der Waals surface area contributed by atoms with Crippen molar-refractivity contribution in [3.05, 3.63) is 53.7 Å². The standard InChI is InChI=1S/C15H15N5O/c1-20-9-11(7-17-20)14-18-15(21-19-14)13-8-16-6-10-4-2-3-5-12(10)13/h2-5,7,9,13,16H,6,8H2,1H3. The quantitative estimate of drug-likeness (QED) is 0.774. The highest BCUT2D eigenvalue weighted by Gasteiger charge is 2.26. The smallest absolute Gasteiger partial charge is 0.235 e. The van der Waals surface area contributed by atoms with E-state index in [1.165, 1.54) is 11.1 Å². The van der Waals surface area contributed by atoms with Crippen molar-refractivity contribution in [2.24, 2.45) is 7.05 Å². The van der Waals surface area contributed by atoms with E-state index in [9.17, 15) is 0 Å². The predicted octanol–water partition coefficient (Wildman–Crippen LogP) is 1.71. The Kier molecular flexibility index (Phi) is 2.82. The minimum atomic E-state index is 0.105. The van der Waals surface area contributed by atoms with Crippen LogP contribution in [0.1, 0.15) is 22.9 Å². The molecule has 1 aromatic carbocycles. The van der Waals surface area contributed by atoms with Gasteiger partial charge < -0.3 is 9.84 Å². The maximum atomic E-state index is 5.49. The lowest BCUT2D eigenvalue weighted by atomic mass is 9.91. The molecule has 2 aromatic heterocycles. The predicted molar refractivity (Wildman–Crippen MR) is 76.5 cm³/mol. The van der Waals surface area contributed by atoms with E-state index >= 15 is 0 Å². The average Bonchev–Trinajstić information content (AvgIpc) is 3.15. The summed E-state index contributed by atoms with van der Waals surface area (Å²) in [6.45, 7) is 1.70. The molecule has 1 aliphatic heterocycles. The van der Waals surface area contributed by atoms with Crippen LogP contribution in [0.4, 0.5) is 0 Å². The summed E-state index contributed by atoms with van der Waals surface area (Å²) in [5.74, 6) is 1.34. The molecule has 0 radical (unpaired) electrons. The van der Waals surface area contributed by atoms with Crippen LogP contribution in [0, 0.1) is 0 Å². The van der Waals surface area contributed by atoms with E-state index in [0.29, 0.717) is 11.7 Å². The highest BCUT2D eigenvalue weighted by molar-refractivity contribution is 5.51. The Morgan fingerprint density at radius 2 is 2.24 bits per heavy atom. The molecule has 6 nitrogen and oxygen atoms in total. The first-order valence-electron chi connectivity index (χ1n) is 6.92. The molecule has 0 fully saturated rings. The molecule has 1 N–H and O–H groups in total. The number of hydrogen-bond acceptors (Lipinski definition) is 5. The minimum absolute atomic E-state index is 0.105. The summed E-state index contributed by atoms with van der Waals surface area (Å²) in [4.78, 5) is 4.55. The van der Waals surface area contributed by atoms with E-state index in [2.05, 4.69) is 44.8 Å². The van der Waals surface area contributed by atoms with Crippen molar-refractivity contribution < 1.29 is 4.52 Å². The molecule has 1 atom stereocenters. The highest BCUT2D eigenvalue weighted by atomic mass is 16.5. The Morgan fingerprint density at radius 1 is 1.33 bits per heavy atom. The first-order chi connectivity index (χ1) is 10.3. The third-order valence-electron chi connectivity index (χ3n) is 3.80. The number of nitrogens with one attached hydrogen (secondary N) is 1. The number of hydrogen-bond donors (Lipinski definition) is 1. The molecule has 0 amide bonds. The monoisotopic (exact) mass is 281 g/mol. The molecule has 4 rings (SSSR count). The minimum Gasteiger partial charge on any atom is -0.338 e. The zero-order valence-corrected chi connectivity index (χ0v) is 11.7. The lowest BCUT2D eigenvalue weighted by molar-refractivity contribution is 0.356. The Labute approximate surface area is 121 Å². The van der Waals surface area contributed by atoms with Gasteiger partial charge in [0.05, 0.1) is 17.7 Å². The second-order valence-electron chi connectivity index (χ2n) is 5.24. The van der Waals surface area contributed by atoms with Gasteiger partial charge in [0.1, 0.15) is 0 Å². The van der Waals surface area contributed by atoms with E-state index in [0.717, 1.165) is 18.7 Å². The number of fused-ring (bicyclic) bond motifs is 1. The molecule has 0 saturated heterocycles. The maximum Gasteiger partial charge on any atom is 0.235 e. The molecule has 6 heteroatoms. The second kappa shape index (κ2) is 4.82. The Bertz CT molecular complexity index is 776. The summed E-state index contributed by atoms with van der Waals surface area (Å²) in [5, 5.41) is 11.6. The van der Waals surface area contributed by atoms with Gasteiger partial charge in [0.2, 0.25) is 11.7 Å². The maximum absolute atomic E-state index is 5.49. The van der Waals surface area contributed by atoms with Crippen LogP contribution in [0.5, 0.6) is 0 Å². The van der Waals surface area contributed by atoms with E-state index in [1.807, 2.05) is 13.2 Å². The molecule has 21 heavy (non-hydrogen) atoms. The zero-order valence-electron chi connectivity index (χ0n) is 11.7. The largest absolute Gasteiger partial charge is 0.338 e. The number of nitrogens with zero attached hydrogens (tertiary/aromatic N) is 4. The van der Waals surface area contributed by atoms with Gasteiger partial charge in [0, 0.05) is 26.3 Å². The third-order valence-corrected chi connectivity index (χ3v) is 3.80. The summed E-state index contributed by atoms with van der Waals surface area (Å²) in [6, 6.07) is 8.37. The number of benzene rings is 1. The van der Waals surface area contributed by atoms with E-state index in [-0.39, 0.29) is 5.92 Å². The normalized spacial score (nSPS) is 17.7. The Morgan fingerprint density at radius 3 is 3.10 bits per heavy atom. The zero-order chi connectivity index (χ0) is 14.2. The van der Waals surface area contributed by atoms with Crippen LogP contribution in [0.2, 0.25) is 0 Å². The number of rotatable bonds is 2. The van der Waals surface area contributed by atoms with E-state index in [4.69, 9.17) is 4.52 Å². The summed E-state index contributed by atoms with van der Waals surface area (Å²) < 4.78 is 7.21. The Balaban J connectivity index is 1.71. The van der Waals surface area contributed by atoms with Crippen LogP contribution in [-0.4, -0.2) is 26.5 Å². The third kappa shape index (κ3) is 2.13. The Hall–Kier alpha value is -2.47. The molecule has 1 unspecified atom stereocenters. The van der Waals surface area contributed by atoms with Gasteiger partial charge in [-0.05, 0) is 11.1 Å². The second-order valence-corrected chi connectivity index (χ2v) is 5.24. The molecule has 3 aromatic rings. The van der Waals surface area contributed by atoms with Crippen LogP contribution in [0.25, 0.3) is 11.4 Å². The molecule has 1 aliphatic rings. The van der Waals surface area contributed by atoms with E-state index < -0.39 is 0 Å². The van der Waals surface area contributed by atoms with Crippen molar-refractivity contribution in [1.82, 2.24) is 25.2 Å². The van der Waals surface area contributed by atoms with Crippen molar-refractivity contribution in [2.75, 3.05) is 6.54 Å². The van der Waals surface area contributed by atoms with Crippen molar-refractivity contribution >= 4 is 0 Å². The van der Waals surface area contributed by atoms with Crippen LogP contribution in [0.15, 0.2) is 41.2 Å². The van der Waals surface area contributed by atoms with Gasteiger partial charge in [-0.25, -0.2) is 0 Å². The average molecular weight is 281 g/mol. The molecular formula is C15H15N5O. The van der Waals surface area contributed by atoms with Gasteiger partial charge >= 0.3 is 0 Å². The molecule has 106 valence electrons. The highest BCUT2D eigenvalue weighted by Crippen LogP contribution is 2.30. The molecule has 0 bridgehead atoms. The number of aromatic nitrogens is 4. The fraction of sp³-hybridized carbons (Fsp3) is 0.267. The van der Waals surface area contributed by atoms with E-state index in [1.54, 1.807) is 10.9 Å². The lowest BCUT2D eigenvalue weighted by Gasteiger charge is -2.23. The van der Waals surface area contributed by atoms with Crippen molar-refractivity contribution in [2.45, 2.75) is 12.5 Å². The topological polar surface area (TPSA) is 68.8 Å². The summed E-state index contributed by atoms with van der Waals surface area (Å²) in [5.41, 5.74) is 3.41. The number of aryl methyl sites for hydroxylation is 1. The summed E-state index contributed by atoms with van der Waals surface area (Å²) in [6.07, 6.45) is 3.61. The lowest BCUT2D eigenvalue weighted by Crippen LogP contribution is -2.28. The first-order valence-corrected chi connectivity index (χ1v) is 6.92. The van der Waals surface area contributed by atoms with Crippen molar-refractivity contribution in [3.8, 4) is 11.4 Å².